The fourth-order valence-corrected chi connectivity index (χ4v) is 6.51. The molecule has 6 rings (SSSR count). The van der Waals surface area contributed by atoms with Crippen LogP contribution < -0.4 is 18.9 Å². The van der Waals surface area contributed by atoms with Crippen LogP contribution in [0.15, 0.2) is 121 Å². The second-order valence-corrected chi connectivity index (χ2v) is 13.6. The molecular weight excluding hydrogens is 864 g/mol. The molecule has 0 bridgehead atoms. The smallest absolute Gasteiger partial charge is 0.340 e. The highest BCUT2D eigenvalue weighted by molar-refractivity contribution is 6.05. The Morgan fingerprint density at radius 2 is 0.754 bits per heavy atom. The lowest BCUT2D eigenvalue weighted by Gasteiger charge is -2.35. The second-order valence-electron chi connectivity index (χ2n) is 13.6. The molecule has 2 aliphatic carbocycles. The molecule has 2 unspecified atom stereocenters. The Morgan fingerprint density at radius 1 is 0.400 bits per heavy atom. The van der Waals surface area contributed by atoms with E-state index in [1.165, 1.54) is 48.6 Å². The predicted octanol–water partition coefficient (Wildman–Crippen LogP) is 5.98. The maximum Gasteiger partial charge on any atom is 0.340 e. The minimum Gasteiger partial charge on any atom is -0.478 e. The summed E-state index contributed by atoms with van der Waals surface area (Å²) in [6.07, 6.45) is 7.05. The highest BCUT2D eigenvalue weighted by Gasteiger charge is 2.39. The van der Waals surface area contributed by atoms with E-state index in [1.54, 1.807) is 0 Å². The molecule has 0 radical (unpaired) electrons. The minimum atomic E-state index is -2.07. The van der Waals surface area contributed by atoms with Gasteiger partial charge in [0, 0.05) is 12.2 Å². The zero-order chi connectivity index (χ0) is 47.4. The van der Waals surface area contributed by atoms with E-state index in [9.17, 15) is 79.2 Å². The molecule has 2 atom stereocenters. The first-order chi connectivity index (χ1) is 30.7. The number of aromatic carboxylic acids is 8. The van der Waals surface area contributed by atoms with Gasteiger partial charge in [0.25, 0.3) is 11.6 Å². The summed E-state index contributed by atoms with van der Waals surface area (Å²) in [4.78, 5) is 95.7. The van der Waals surface area contributed by atoms with Gasteiger partial charge in [0.15, 0.2) is 0 Å². The number of benzene rings is 4. The van der Waals surface area contributed by atoms with Crippen molar-refractivity contribution in [3.05, 3.63) is 165 Å². The Morgan fingerprint density at radius 3 is 1.05 bits per heavy atom. The van der Waals surface area contributed by atoms with Gasteiger partial charge in [-0.05, 0) is 85.0 Å². The Balaban J connectivity index is 1.34. The van der Waals surface area contributed by atoms with E-state index < -0.39 is 115 Å². The van der Waals surface area contributed by atoms with Crippen LogP contribution in [0, 0.1) is 0 Å². The first kappa shape index (κ1) is 45.1. The molecule has 8 N–H and O–H groups in total. The second kappa shape index (κ2) is 17.9. The van der Waals surface area contributed by atoms with Crippen molar-refractivity contribution in [1.29, 1.82) is 0 Å². The van der Waals surface area contributed by atoms with Crippen molar-refractivity contribution < 1.29 is 103 Å². The Kier molecular flexibility index (Phi) is 12.4. The number of carboxylic acid groups (broad SMARTS) is 8. The Hall–Kier alpha value is -9.40. The van der Waals surface area contributed by atoms with Gasteiger partial charge in [0.1, 0.15) is 45.6 Å². The van der Waals surface area contributed by atoms with Crippen molar-refractivity contribution in [2.75, 3.05) is 0 Å². The molecule has 0 fully saturated rings. The van der Waals surface area contributed by atoms with Crippen LogP contribution in [0.3, 0.4) is 0 Å². The first-order valence-electron chi connectivity index (χ1n) is 18.3. The third kappa shape index (κ3) is 9.73. The summed E-state index contributed by atoms with van der Waals surface area (Å²) in [6.45, 7) is 0. The number of carbonyl (C=O) groups is 8. The van der Waals surface area contributed by atoms with Crippen LogP contribution in [0.5, 0.6) is 23.0 Å². The number of carboxylic acids is 8. The summed E-state index contributed by atoms with van der Waals surface area (Å²) in [5.74, 6) is -18.4. The lowest BCUT2D eigenvalue weighted by atomic mass is 10.0. The van der Waals surface area contributed by atoms with Gasteiger partial charge in [0.2, 0.25) is 0 Å². The van der Waals surface area contributed by atoms with Crippen molar-refractivity contribution in [3.63, 3.8) is 0 Å². The van der Waals surface area contributed by atoms with Gasteiger partial charge in [-0.2, -0.15) is 0 Å². The number of hydrogen-bond acceptors (Lipinski definition) is 13. The molecule has 0 heterocycles. The SMILES string of the molecule is O=C(O)c1ccc(OC2(Oc3cccc(C(=O)O)c3C(=O)O)C=CC(OC3=CCC(Oc4ccc(C(=O)O)c(C(=O)O)c4)(Oc4cccc(C(=O)O)c4C(=O)O)C=C3)=CC2)cc1C(=O)O. The first-order valence-corrected chi connectivity index (χ1v) is 18.3. The zero-order valence-corrected chi connectivity index (χ0v) is 32.7. The Bertz CT molecular complexity index is 2660. The molecule has 0 amide bonds. The summed E-state index contributed by atoms with van der Waals surface area (Å²) in [5, 5.41) is 77.7. The van der Waals surface area contributed by atoms with Gasteiger partial charge in [-0.3, -0.25) is 0 Å². The standard InChI is InChI=1S/C44H30O21/c45-35(46)25-9-7-23(19-29(25)39(53)54)62-43(64-31-5-1-3-27(37(49)50)33(31)41(57)58)15-11-21(12-16-43)61-22-13-17-44(18-14-22,63-24-8-10-26(36(47)48)30(20-24)40(55)56)65-32-6-2-4-28(38(51)52)34(32)42(59)60/h1-15,17,19-20H,16,18H2,(H,45,46)(H,47,48)(H,49,50)(H,51,52)(H,53,54)(H,55,56)(H,57,58)(H,59,60). The number of allylic oxidation sites excluding steroid dienone is 2. The van der Waals surface area contributed by atoms with Crippen LogP contribution >= 0.6 is 0 Å². The number of hydrogen-bond donors (Lipinski definition) is 8. The molecular formula is C44H30O21. The third-order valence-corrected chi connectivity index (χ3v) is 9.41. The molecule has 4 aromatic carbocycles. The van der Waals surface area contributed by atoms with Gasteiger partial charge >= 0.3 is 47.8 Å². The molecule has 0 aromatic heterocycles. The zero-order valence-electron chi connectivity index (χ0n) is 32.7. The summed E-state index contributed by atoms with van der Waals surface area (Å²) in [5.41, 5.74) is -5.31. The molecule has 332 valence electrons. The van der Waals surface area contributed by atoms with Crippen molar-refractivity contribution in [1.82, 2.24) is 0 Å². The third-order valence-electron chi connectivity index (χ3n) is 9.41. The average molecular weight is 895 g/mol. The minimum absolute atomic E-state index is 0.0703. The maximum atomic E-state index is 12.3. The fourth-order valence-electron chi connectivity index (χ4n) is 6.51. The normalized spacial score (nSPS) is 17.4. The number of ether oxygens (including phenoxy) is 5. The van der Waals surface area contributed by atoms with Crippen molar-refractivity contribution in [2.45, 2.75) is 24.4 Å². The predicted molar refractivity (Wildman–Crippen MR) is 214 cm³/mol. The number of rotatable bonds is 18. The summed E-state index contributed by atoms with van der Waals surface area (Å²) in [7, 11) is 0. The van der Waals surface area contributed by atoms with E-state index in [2.05, 4.69) is 0 Å². The topological polar surface area (TPSA) is 345 Å². The monoisotopic (exact) mass is 894 g/mol. The van der Waals surface area contributed by atoms with Gasteiger partial charge in [-0.15, -0.1) is 0 Å². The van der Waals surface area contributed by atoms with Gasteiger partial charge < -0.3 is 64.5 Å². The molecule has 4 aromatic rings. The van der Waals surface area contributed by atoms with E-state index in [0.717, 1.165) is 60.7 Å². The Labute approximate surface area is 362 Å². The molecule has 2 aliphatic rings. The molecule has 21 heteroatoms. The average Bonchev–Trinajstić information content (AvgIpc) is 3.24. The maximum absolute atomic E-state index is 12.3. The summed E-state index contributed by atoms with van der Waals surface area (Å²) in [6, 6.07) is 12.7. The molecule has 0 saturated heterocycles. The highest BCUT2D eigenvalue weighted by Crippen LogP contribution is 2.38. The van der Waals surface area contributed by atoms with Crippen LogP contribution in [0.4, 0.5) is 0 Å². The van der Waals surface area contributed by atoms with Crippen LogP contribution in [-0.2, 0) is 4.74 Å². The van der Waals surface area contributed by atoms with E-state index >= 15 is 0 Å². The van der Waals surface area contributed by atoms with Crippen LogP contribution in [0.1, 0.15) is 95.7 Å². The van der Waals surface area contributed by atoms with Crippen LogP contribution in [0.25, 0.3) is 0 Å². The van der Waals surface area contributed by atoms with E-state index in [4.69, 9.17) is 23.7 Å². The van der Waals surface area contributed by atoms with E-state index in [1.807, 2.05) is 0 Å². The summed E-state index contributed by atoms with van der Waals surface area (Å²) < 4.78 is 30.3. The molecule has 21 nitrogen and oxygen atoms in total. The van der Waals surface area contributed by atoms with Crippen LogP contribution in [0.2, 0.25) is 0 Å². The van der Waals surface area contributed by atoms with Crippen LogP contribution in [-0.4, -0.2) is 100 Å². The molecule has 0 aliphatic heterocycles. The van der Waals surface area contributed by atoms with Gasteiger partial charge in [-0.25, -0.2) is 38.4 Å². The largest absolute Gasteiger partial charge is 0.478 e. The summed E-state index contributed by atoms with van der Waals surface area (Å²) >= 11 is 0. The van der Waals surface area contributed by atoms with Crippen molar-refractivity contribution in [2.24, 2.45) is 0 Å². The molecule has 0 spiro atoms. The fraction of sp³-hybridized carbons (Fsp3) is 0.0909. The lowest BCUT2D eigenvalue weighted by molar-refractivity contribution is -0.0711. The van der Waals surface area contributed by atoms with Gasteiger partial charge in [0.05, 0.1) is 46.2 Å². The van der Waals surface area contributed by atoms with Crippen molar-refractivity contribution in [3.8, 4) is 23.0 Å². The molecule has 0 saturated carbocycles. The van der Waals surface area contributed by atoms with Crippen molar-refractivity contribution >= 4 is 47.8 Å². The van der Waals surface area contributed by atoms with Gasteiger partial charge in [-0.1, -0.05) is 12.1 Å². The quantitative estimate of drug-likeness (QED) is 0.0532. The lowest BCUT2D eigenvalue weighted by Crippen LogP contribution is -2.42. The van der Waals surface area contributed by atoms with E-state index in [-0.39, 0.29) is 35.9 Å². The molecule has 65 heavy (non-hydrogen) atoms. The van der Waals surface area contributed by atoms with E-state index in [0.29, 0.717) is 0 Å². The highest BCUT2D eigenvalue weighted by atomic mass is 16.7.